The molecule has 2 N–H and O–H groups in total. The van der Waals surface area contributed by atoms with Gasteiger partial charge in [0.25, 0.3) is 0 Å². The summed E-state index contributed by atoms with van der Waals surface area (Å²) in [6, 6.07) is 16.4. The van der Waals surface area contributed by atoms with Crippen LogP contribution in [0.25, 0.3) is 0 Å². The Morgan fingerprint density at radius 1 is 1.12 bits per heavy atom. The Kier molecular flexibility index (Phi) is 6.01. The Balaban J connectivity index is 1.65. The Bertz CT molecular complexity index is 755. The van der Waals surface area contributed by atoms with Crippen molar-refractivity contribution in [1.29, 1.82) is 0 Å². The monoisotopic (exact) mass is 353 g/mol. The molecular weight excluding hydrogens is 330 g/mol. The van der Waals surface area contributed by atoms with Crippen LogP contribution in [0.3, 0.4) is 0 Å². The van der Waals surface area contributed by atoms with Gasteiger partial charge in [0.15, 0.2) is 0 Å². The first-order chi connectivity index (χ1) is 12.2. The number of nitrogens with zero attached hydrogens (tertiary/aromatic N) is 2. The zero-order valence-electron chi connectivity index (χ0n) is 14.3. The first-order valence-corrected chi connectivity index (χ1v) is 9.22. The lowest BCUT2D eigenvalue weighted by atomic mass is 10.1. The molecule has 1 aromatic heterocycles. The second kappa shape index (κ2) is 8.62. The molecule has 0 aliphatic carbocycles. The van der Waals surface area contributed by atoms with Crippen molar-refractivity contribution in [3.8, 4) is 5.75 Å². The molecule has 1 heterocycles. The van der Waals surface area contributed by atoms with E-state index in [2.05, 4.69) is 33.8 Å². The molecule has 25 heavy (non-hydrogen) atoms. The lowest BCUT2D eigenvalue weighted by Gasteiger charge is -2.17. The maximum Gasteiger partial charge on any atom is 0.118 e. The molecule has 0 amide bonds. The molecule has 0 spiro atoms. The summed E-state index contributed by atoms with van der Waals surface area (Å²) in [5.41, 5.74) is 7.92. The number of thioether (sulfide) groups is 1. The van der Waals surface area contributed by atoms with Crippen molar-refractivity contribution in [3.05, 3.63) is 72.8 Å². The minimum absolute atomic E-state index is 0.458. The summed E-state index contributed by atoms with van der Waals surface area (Å²) >= 11 is 1.89. The molecule has 1 atom stereocenters. The van der Waals surface area contributed by atoms with Crippen LogP contribution in [-0.2, 0) is 13.0 Å². The number of imidazole rings is 1. The van der Waals surface area contributed by atoms with Crippen LogP contribution in [-0.4, -0.2) is 21.9 Å². The molecule has 0 radical (unpaired) electrons. The molecule has 0 aliphatic rings. The summed E-state index contributed by atoms with van der Waals surface area (Å²) in [7, 11) is 1.69. The molecule has 2 aromatic carbocycles. The van der Waals surface area contributed by atoms with Crippen molar-refractivity contribution in [1.82, 2.24) is 9.55 Å². The Morgan fingerprint density at radius 3 is 2.52 bits per heavy atom. The van der Waals surface area contributed by atoms with Gasteiger partial charge in [-0.25, -0.2) is 4.98 Å². The Morgan fingerprint density at radius 2 is 1.88 bits per heavy atom. The fraction of sp³-hybridized carbons (Fsp3) is 0.250. The summed E-state index contributed by atoms with van der Waals surface area (Å²) < 4.78 is 7.37. The van der Waals surface area contributed by atoms with Crippen LogP contribution in [0.2, 0.25) is 0 Å². The first kappa shape index (κ1) is 17.4. The van der Waals surface area contributed by atoms with Gasteiger partial charge in [-0.05, 0) is 54.8 Å². The SMILES string of the molecule is COc1ccc(CCC(Cn2ccnc2)Sc2ccc(N)cc2)cc1. The summed E-state index contributed by atoms with van der Waals surface area (Å²) in [4.78, 5) is 5.40. The maximum absolute atomic E-state index is 5.79. The molecule has 0 saturated heterocycles. The lowest BCUT2D eigenvalue weighted by Crippen LogP contribution is -2.13. The molecule has 3 rings (SSSR count). The highest BCUT2D eigenvalue weighted by atomic mass is 32.2. The predicted octanol–water partition coefficient (Wildman–Crippen LogP) is 4.27. The first-order valence-electron chi connectivity index (χ1n) is 8.34. The van der Waals surface area contributed by atoms with Crippen LogP contribution < -0.4 is 10.5 Å². The van der Waals surface area contributed by atoms with Crippen LogP contribution in [0.15, 0.2) is 72.1 Å². The van der Waals surface area contributed by atoms with E-state index in [1.807, 2.05) is 54.7 Å². The molecule has 1 unspecified atom stereocenters. The van der Waals surface area contributed by atoms with Gasteiger partial charge in [0.2, 0.25) is 0 Å². The number of benzene rings is 2. The van der Waals surface area contributed by atoms with Crippen LogP contribution in [0.5, 0.6) is 5.75 Å². The Labute approximate surface area is 153 Å². The van der Waals surface area contributed by atoms with Gasteiger partial charge in [0, 0.05) is 34.8 Å². The molecule has 0 saturated carbocycles. The number of ether oxygens (including phenoxy) is 1. The second-order valence-corrected chi connectivity index (χ2v) is 7.33. The van der Waals surface area contributed by atoms with Gasteiger partial charge >= 0.3 is 0 Å². The third-order valence-electron chi connectivity index (χ3n) is 4.07. The second-order valence-electron chi connectivity index (χ2n) is 5.96. The van der Waals surface area contributed by atoms with Gasteiger partial charge in [-0.2, -0.15) is 0 Å². The number of anilines is 1. The smallest absolute Gasteiger partial charge is 0.118 e. The number of nitrogen functional groups attached to an aromatic ring is 1. The standard InChI is InChI=1S/C20H23N3OS/c1-24-18-7-2-16(3-8-18)4-9-20(14-23-13-12-22-15-23)25-19-10-5-17(21)6-11-19/h2-3,5-8,10-13,15,20H,4,9,14,21H2,1H3. The van der Waals surface area contributed by atoms with Gasteiger partial charge in [0.05, 0.1) is 13.4 Å². The van der Waals surface area contributed by atoms with E-state index in [4.69, 9.17) is 10.5 Å². The molecule has 5 heteroatoms. The molecule has 130 valence electrons. The molecular formula is C20H23N3OS. The highest BCUT2D eigenvalue weighted by Crippen LogP contribution is 2.28. The summed E-state index contributed by atoms with van der Waals surface area (Å²) in [6.45, 7) is 0.936. The summed E-state index contributed by atoms with van der Waals surface area (Å²) in [5.74, 6) is 0.898. The average molecular weight is 353 g/mol. The normalized spacial score (nSPS) is 12.0. The van der Waals surface area contributed by atoms with Crippen molar-refractivity contribution in [2.45, 2.75) is 29.5 Å². The van der Waals surface area contributed by atoms with Crippen LogP contribution in [0, 0.1) is 0 Å². The van der Waals surface area contributed by atoms with E-state index in [1.54, 1.807) is 7.11 Å². The number of aryl methyl sites for hydroxylation is 1. The highest BCUT2D eigenvalue weighted by Gasteiger charge is 2.12. The largest absolute Gasteiger partial charge is 0.497 e. The number of nitrogens with two attached hydrogens (primary N) is 1. The third-order valence-corrected chi connectivity index (χ3v) is 5.33. The minimum Gasteiger partial charge on any atom is -0.497 e. The Hall–Kier alpha value is -2.40. The molecule has 0 bridgehead atoms. The van der Waals surface area contributed by atoms with Gasteiger partial charge in [-0.15, -0.1) is 11.8 Å². The van der Waals surface area contributed by atoms with E-state index in [9.17, 15) is 0 Å². The van der Waals surface area contributed by atoms with Crippen LogP contribution in [0.4, 0.5) is 5.69 Å². The van der Waals surface area contributed by atoms with Crippen molar-refractivity contribution < 1.29 is 4.74 Å². The van der Waals surface area contributed by atoms with E-state index in [-0.39, 0.29) is 0 Å². The molecule has 0 fully saturated rings. The van der Waals surface area contributed by atoms with Crippen molar-refractivity contribution in [2.75, 3.05) is 12.8 Å². The molecule has 4 nitrogen and oxygen atoms in total. The van der Waals surface area contributed by atoms with Gasteiger partial charge in [-0.3, -0.25) is 0 Å². The third kappa shape index (κ3) is 5.29. The average Bonchev–Trinajstić information content (AvgIpc) is 3.15. The fourth-order valence-electron chi connectivity index (χ4n) is 2.68. The number of hydrogen-bond acceptors (Lipinski definition) is 4. The van der Waals surface area contributed by atoms with Gasteiger partial charge < -0.3 is 15.0 Å². The summed E-state index contributed by atoms with van der Waals surface area (Å²) in [5, 5.41) is 0.458. The van der Waals surface area contributed by atoms with Crippen molar-refractivity contribution in [2.24, 2.45) is 0 Å². The number of hydrogen-bond donors (Lipinski definition) is 1. The lowest BCUT2D eigenvalue weighted by molar-refractivity contribution is 0.414. The quantitative estimate of drug-likeness (QED) is 0.485. The maximum atomic E-state index is 5.79. The number of rotatable bonds is 8. The van der Waals surface area contributed by atoms with Crippen molar-refractivity contribution >= 4 is 17.4 Å². The van der Waals surface area contributed by atoms with E-state index >= 15 is 0 Å². The van der Waals surface area contributed by atoms with E-state index in [0.29, 0.717) is 5.25 Å². The van der Waals surface area contributed by atoms with Crippen LogP contribution >= 0.6 is 11.8 Å². The molecule has 0 aliphatic heterocycles. The minimum atomic E-state index is 0.458. The van der Waals surface area contributed by atoms with Crippen molar-refractivity contribution in [3.63, 3.8) is 0 Å². The topological polar surface area (TPSA) is 53.1 Å². The zero-order chi connectivity index (χ0) is 17.5. The summed E-state index contributed by atoms with van der Waals surface area (Å²) in [6.07, 6.45) is 7.84. The van der Waals surface area contributed by atoms with Gasteiger partial charge in [-0.1, -0.05) is 12.1 Å². The predicted molar refractivity (Wildman–Crippen MR) is 104 cm³/mol. The van der Waals surface area contributed by atoms with Gasteiger partial charge in [0.1, 0.15) is 5.75 Å². The fourth-order valence-corrected chi connectivity index (χ4v) is 3.84. The van der Waals surface area contributed by atoms with E-state index < -0.39 is 0 Å². The van der Waals surface area contributed by atoms with E-state index in [1.165, 1.54) is 10.5 Å². The van der Waals surface area contributed by atoms with E-state index in [0.717, 1.165) is 30.8 Å². The molecule has 3 aromatic rings. The highest BCUT2D eigenvalue weighted by molar-refractivity contribution is 8.00. The van der Waals surface area contributed by atoms with Crippen LogP contribution in [0.1, 0.15) is 12.0 Å². The number of aromatic nitrogens is 2. The number of methoxy groups -OCH3 is 1. The zero-order valence-corrected chi connectivity index (χ0v) is 15.2.